The molecule has 0 spiro atoms. The number of hydrogen-bond acceptors (Lipinski definition) is 4. The molecule has 0 aliphatic carbocycles. The zero-order valence-electron chi connectivity index (χ0n) is 13.8. The second-order valence-corrected chi connectivity index (χ2v) is 7.25. The summed E-state index contributed by atoms with van der Waals surface area (Å²) in [6.45, 7) is 5.49. The minimum absolute atomic E-state index is 0.133. The van der Waals surface area contributed by atoms with Gasteiger partial charge in [-0.3, -0.25) is 9.69 Å². The zero-order chi connectivity index (χ0) is 15.2. The number of nitrogens with zero attached hydrogens (tertiary/aromatic N) is 2. The standard InChI is InChI=1S/C16H31N3OS/c1-4-13(12-21-3)18(2)16(20)15-6-5-11-19(15)14-7-9-17-10-8-14/h13-15,17H,4-12H2,1-3H3. The van der Waals surface area contributed by atoms with Crippen LogP contribution in [-0.4, -0.2) is 72.5 Å². The Kier molecular flexibility index (Phi) is 6.83. The molecule has 2 atom stereocenters. The van der Waals surface area contributed by atoms with Gasteiger partial charge in [-0.15, -0.1) is 0 Å². The third-order valence-corrected chi connectivity index (χ3v) is 5.80. The Morgan fingerprint density at radius 3 is 2.71 bits per heavy atom. The first kappa shape index (κ1) is 17.1. The quantitative estimate of drug-likeness (QED) is 0.811. The molecular weight excluding hydrogens is 282 g/mol. The molecule has 2 heterocycles. The summed E-state index contributed by atoms with van der Waals surface area (Å²) in [5, 5.41) is 3.42. The Hall–Kier alpha value is -0.260. The molecule has 1 N–H and O–H groups in total. The van der Waals surface area contributed by atoms with E-state index in [1.54, 1.807) is 0 Å². The van der Waals surface area contributed by atoms with Crippen LogP contribution in [0.2, 0.25) is 0 Å². The van der Waals surface area contributed by atoms with Gasteiger partial charge >= 0.3 is 0 Å². The Labute approximate surface area is 134 Å². The second-order valence-electron chi connectivity index (χ2n) is 6.34. The van der Waals surface area contributed by atoms with Crippen molar-refractivity contribution in [2.45, 2.75) is 57.2 Å². The van der Waals surface area contributed by atoms with Crippen LogP contribution in [0.4, 0.5) is 0 Å². The molecule has 2 fully saturated rings. The van der Waals surface area contributed by atoms with E-state index in [-0.39, 0.29) is 6.04 Å². The van der Waals surface area contributed by atoms with Crippen LogP contribution in [0.15, 0.2) is 0 Å². The van der Waals surface area contributed by atoms with Crippen molar-refractivity contribution in [3.8, 4) is 0 Å². The second kappa shape index (κ2) is 8.39. The highest BCUT2D eigenvalue weighted by Gasteiger charge is 2.38. The predicted octanol–water partition coefficient (Wildman–Crippen LogP) is 1.80. The lowest BCUT2D eigenvalue weighted by Gasteiger charge is -2.38. The number of carbonyl (C=O) groups is 1. The van der Waals surface area contributed by atoms with Crippen molar-refractivity contribution < 1.29 is 4.79 Å². The van der Waals surface area contributed by atoms with E-state index in [2.05, 4.69) is 23.4 Å². The molecule has 0 aromatic carbocycles. The highest BCUT2D eigenvalue weighted by Crippen LogP contribution is 2.26. The fraction of sp³-hybridized carbons (Fsp3) is 0.938. The van der Waals surface area contributed by atoms with E-state index in [1.165, 1.54) is 19.3 Å². The lowest BCUT2D eigenvalue weighted by atomic mass is 10.0. The molecule has 21 heavy (non-hydrogen) atoms. The number of amides is 1. The minimum atomic E-state index is 0.133. The van der Waals surface area contributed by atoms with Gasteiger partial charge in [-0.2, -0.15) is 11.8 Å². The fourth-order valence-electron chi connectivity index (χ4n) is 3.74. The zero-order valence-corrected chi connectivity index (χ0v) is 14.6. The molecule has 2 aliphatic rings. The molecule has 0 aromatic heterocycles. The van der Waals surface area contributed by atoms with Crippen molar-refractivity contribution in [3.05, 3.63) is 0 Å². The van der Waals surface area contributed by atoms with Gasteiger partial charge < -0.3 is 10.2 Å². The molecule has 2 saturated heterocycles. The van der Waals surface area contributed by atoms with Gasteiger partial charge in [0.25, 0.3) is 0 Å². The van der Waals surface area contributed by atoms with E-state index in [0.717, 1.165) is 38.2 Å². The summed E-state index contributed by atoms with van der Waals surface area (Å²) >= 11 is 1.84. The maximum atomic E-state index is 12.9. The number of likely N-dealkylation sites (N-methyl/N-ethyl adjacent to an activating group) is 1. The topological polar surface area (TPSA) is 35.6 Å². The molecule has 5 heteroatoms. The van der Waals surface area contributed by atoms with Crippen LogP contribution in [0.3, 0.4) is 0 Å². The van der Waals surface area contributed by atoms with Gasteiger partial charge in [0.2, 0.25) is 5.91 Å². The Morgan fingerprint density at radius 2 is 2.10 bits per heavy atom. The molecule has 0 saturated carbocycles. The van der Waals surface area contributed by atoms with Crippen molar-refractivity contribution in [1.29, 1.82) is 0 Å². The maximum absolute atomic E-state index is 12.9. The Balaban J connectivity index is 1.99. The molecule has 0 bridgehead atoms. The van der Waals surface area contributed by atoms with Crippen LogP contribution in [-0.2, 0) is 4.79 Å². The number of hydrogen-bond donors (Lipinski definition) is 1. The van der Waals surface area contributed by atoms with E-state index in [4.69, 9.17) is 0 Å². The van der Waals surface area contributed by atoms with Gasteiger partial charge in [0.15, 0.2) is 0 Å². The first-order chi connectivity index (χ1) is 10.2. The third kappa shape index (κ3) is 4.14. The number of rotatable bonds is 6. The van der Waals surface area contributed by atoms with Crippen LogP contribution in [0.25, 0.3) is 0 Å². The van der Waals surface area contributed by atoms with Gasteiger partial charge in [0, 0.05) is 24.9 Å². The number of nitrogens with one attached hydrogen (secondary N) is 1. The van der Waals surface area contributed by atoms with Gasteiger partial charge in [-0.25, -0.2) is 0 Å². The van der Waals surface area contributed by atoms with Crippen molar-refractivity contribution in [3.63, 3.8) is 0 Å². The van der Waals surface area contributed by atoms with Crippen LogP contribution in [0, 0.1) is 0 Å². The molecule has 4 nitrogen and oxygen atoms in total. The molecule has 2 unspecified atom stereocenters. The number of thioether (sulfide) groups is 1. The highest BCUT2D eigenvalue weighted by atomic mass is 32.2. The fourth-order valence-corrected chi connectivity index (χ4v) is 4.58. The van der Waals surface area contributed by atoms with E-state index in [9.17, 15) is 4.79 Å². The summed E-state index contributed by atoms with van der Waals surface area (Å²) < 4.78 is 0. The average molecular weight is 314 g/mol. The van der Waals surface area contributed by atoms with Gasteiger partial charge in [-0.1, -0.05) is 6.92 Å². The van der Waals surface area contributed by atoms with Crippen LogP contribution < -0.4 is 5.32 Å². The molecule has 2 aliphatic heterocycles. The molecule has 122 valence electrons. The molecule has 2 rings (SSSR count). The van der Waals surface area contributed by atoms with Crippen LogP contribution in [0.5, 0.6) is 0 Å². The number of carbonyl (C=O) groups excluding carboxylic acids is 1. The lowest BCUT2D eigenvalue weighted by Crippen LogP contribution is -2.53. The van der Waals surface area contributed by atoms with Gasteiger partial charge in [0.05, 0.1) is 6.04 Å². The van der Waals surface area contributed by atoms with E-state index < -0.39 is 0 Å². The summed E-state index contributed by atoms with van der Waals surface area (Å²) in [4.78, 5) is 17.5. The number of likely N-dealkylation sites (tertiary alicyclic amines) is 1. The van der Waals surface area contributed by atoms with E-state index in [1.807, 2.05) is 23.7 Å². The Morgan fingerprint density at radius 1 is 1.38 bits per heavy atom. The summed E-state index contributed by atoms with van der Waals surface area (Å²) in [7, 11) is 2.01. The summed E-state index contributed by atoms with van der Waals surface area (Å²) in [5.74, 6) is 1.39. The highest BCUT2D eigenvalue weighted by molar-refractivity contribution is 7.98. The van der Waals surface area contributed by atoms with Crippen molar-refractivity contribution in [2.75, 3.05) is 38.7 Å². The minimum Gasteiger partial charge on any atom is -0.341 e. The first-order valence-corrected chi connectivity index (χ1v) is 9.80. The van der Waals surface area contributed by atoms with E-state index in [0.29, 0.717) is 18.0 Å². The average Bonchev–Trinajstić information content (AvgIpc) is 3.01. The summed E-state index contributed by atoms with van der Waals surface area (Å²) in [6, 6.07) is 1.12. The third-order valence-electron chi connectivity index (χ3n) is 5.08. The normalized spacial score (nSPS) is 26.0. The van der Waals surface area contributed by atoms with Crippen molar-refractivity contribution in [2.24, 2.45) is 0 Å². The predicted molar refractivity (Wildman–Crippen MR) is 90.9 cm³/mol. The van der Waals surface area contributed by atoms with Crippen molar-refractivity contribution in [1.82, 2.24) is 15.1 Å². The van der Waals surface area contributed by atoms with Gasteiger partial charge in [-0.05, 0) is 58.0 Å². The number of piperidine rings is 1. The summed E-state index contributed by atoms with van der Waals surface area (Å²) in [5.41, 5.74) is 0. The molecular formula is C16H31N3OS. The largest absolute Gasteiger partial charge is 0.341 e. The van der Waals surface area contributed by atoms with Gasteiger partial charge in [0.1, 0.15) is 0 Å². The molecule has 0 aromatic rings. The maximum Gasteiger partial charge on any atom is 0.239 e. The van der Waals surface area contributed by atoms with Crippen molar-refractivity contribution >= 4 is 17.7 Å². The lowest BCUT2D eigenvalue weighted by molar-refractivity contribution is -0.137. The monoisotopic (exact) mass is 313 g/mol. The van der Waals surface area contributed by atoms with E-state index >= 15 is 0 Å². The SMILES string of the molecule is CCC(CSC)N(C)C(=O)C1CCCN1C1CCNCC1. The summed E-state index contributed by atoms with van der Waals surface area (Å²) in [6.07, 6.45) is 7.77. The molecule has 1 amide bonds. The smallest absolute Gasteiger partial charge is 0.239 e. The van der Waals surface area contributed by atoms with Crippen LogP contribution in [0.1, 0.15) is 39.0 Å². The Bertz CT molecular complexity index is 333. The van der Waals surface area contributed by atoms with Crippen LogP contribution >= 0.6 is 11.8 Å². The first-order valence-electron chi connectivity index (χ1n) is 8.41. The molecule has 0 radical (unpaired) electrons.